The van der Waals surface area contributed by atoms with E-state index in [-0.39, 0.29) is 11.7 Å². The van der Waals surface area contributed by atoms with Gasteiger partial charge in [0.05, 0.1) is 20.9 Å². The molecule has 1 amide bonds. The van der Waals surface area contributed by atoms with Gasteiger partial charge in [0.2, 0.25) is 0 Å². The molecule has 0 radical (unpaired) electrons. The number of aromatic nitrogens is 2. The summed E-state index contributed by atoms with van der Waals surface area (Å²) in [6.45, 7) is 4.26. The molecule has 0 fully saturated rings. The molecule has 0 spiro atoms. The second-order valence-electron chi connectivity index (χ2n) is 6.60. The van der Waals surface area contributed by atoms with Gasteiger partial charge in [-0.3, -0.25) is 4.79 Å². The minimum Gasteiger partial charge on any atom is -0.487 e. The number of hydrogen-bond acceptors (Lipinski definition) is 6. The Morgan fingerprint density at radius 1 is 1.10 bits per heavy atom. The van der Waals surface area contributed by atoms with Gasteiger partial charge in [0, 0.05) is 11.4 Å². The average molecular weight is 564 g/mol. The molecule has 0 aliphatic rings. The van der Waals surface area contributed by atoms with Crippen LogP contribution in [0.4, 0.5) is 0 Å². The van der Waals surface area contributed by atoms with E-state index in [1.165, 1.54) is 11.8 Å². The van der Waals surface area contributed by atoms with Crippen LogP contribution in [0, 0.1) is 13.8 Å². The SMILES string of the molecule is Cc1cc(C)nc(SCC(=O)N/N=C\c2cc(Br)c(OCc3ccccc3)c(Br)c2)n1. The van der Waals surface area contributed by atoms with Crippen molar-refractivity contribution in [3.05, 3.63) is 80.0 Å². The highest BCUT2D eigenvalue weighted by atomic mass is 79.9. The Morgan fingerprint density at radius 2 is 1.74 bits per heavy atom. The third kappa shape index (κ3) is 7.45. The van der Waals surface area contributed by atoms with Gasteiger partial charge in [0.25, 0.3) is 5.91 Å². The predicted molar refractivity (Wildman–Crippen MR) is 131 cm³/mol. The Bertz CT molecular complexity index is 1050. The Kier molecular flexibility index (Phi) is 8.62. The van der Waals surface area contributed by atoms with E-state index in [0.717, 1.165) is 31.5 Å². The quantitative estimate of drug-likeness (QED) is 0.171. The summed E-state index contributed by atoms with van der Waals surface area (Å²) in [5, 5.41) is 4.61. The normalized spacial score (nSPS) is 11.0. The highest BCUT2D eigenvalue weighted by Crippen LogP contribution is 2.35. The molecule has 0 atom stereocenters. The van der Waals surface area contributed by atoms with E-state index in [1.807, 2.05) is 62.4 Å². The molecule has 9 heteroatoms. The van der Waals surface area contributed by atoms with Gasteiger partial charge in [0.1, 0.15) is 12.4 Å². The van der Waals surface area contributed by atoms with Crippen LogP contribution in [0.5, 0.6) is 5.75 Å². The van der Waals surface area contributed by atoms with E-state index in [1.54, 1.807) is 6.21 Å². The summed E-state index contributed by atoms with van der Waals surface area (Å²) < 4.78 is 7.49. The zero-order valence-corrected chi connectivity index (χ0v) is 20.9. The number of hydrazone groups is 1. The summed E-state index contributed by atoms with van der Waals surface area (Å²) in [5.41, 5.74) is 6.16. The number of carbonyl (C=O) groups is 1. The molecule has 0 saturated heterocycles. The van der Waals surface area contributed by atoms with E-state index < -0.39 is 0 Å². The second kappa shape index (κ2) is 11.4. The number of thioether (sulfide) groups is 1. The maximum Gasteiger partial charge on any atom is 0.250 e. The molecule has 0 aliphatic carbocycles. The molecule has 160 valence electrons. The van der Waals surface area contributed by atoms with Crippen LogP contribution in [0.2, 0.25) is 0 Å². The number of halogens is 2. The maximum atomic E-state index is 12.0. The van der Waals surface area contributed by atoms with Crippen LogP contribution in [0.3, 0.4) is 0 Å². The van der Waals surface area contributed by atoms with E-state index >= 15 is 0 Å². The van der Waals surface area contributed by atoms with E-state index in [9.17, 15) is 4.79 Å². The van der Waals surface area contributed by atoms with Crippen molar-refractivity contribution < 1.29 is 9.53 Å². The molecule has 1 heterocycles. The summed E-state index contributed by atoms with van der Waals surface area (Å²) in [6.07, 6.45) is 1.58. The first-order valence-electron chi connectivity index (χ1n) is 9.33. The lowest BCUT2D eigenvalue weighted by Gasteiger charge is -2.11. The fourth-order valence-electron chi connectivity index (χ4n) is 2.62. The third-order valence-corrected chi connectivity index (χ3v) is 5.97. The van der Waals surface area contributed by atoms with E-state index in [2.05, 4.69) is 52.4 Å². The molecule has 1 aromatic heterocycles. The van der Waals surface area contributed by atoms with Crippen LogP contribution >= 0.6 is 43.6 Å². The Labute approximate surface area is 202 Å². The first-order chi connectivity index (χ1) is 14.9. The third-order valence-electron chi connectivity index (χ3n) is 3.94. The zero-order valence-electron chi connectivity index (χ0n) is 16.9. The number of aryl methyl sites for hydroxylation is 2. The standard InChI is InChI=1S/C22H20Br2N4O2S/c1-14-8-15(2)27-22(26-14)31-13-20(29)28-25-11-17-9-18(23)21(19(24)10-17)30-12-16-6-4-3-5-7-16/h3-11H,12-13H2,1-2H3,(H,28,29)/b25-11-. The first kappa shape index (κ1) is 23.4. The Hall–Kier alpha value is -2.23. The van der Waals surface area contributed by atoms with Gasteiger partial charge >= 0.3 is 0 Å². The number of nitrogens with one attached hydrogen (secondary N) is 1. The minimum atomic E-state index is -0.232. The van der Waals surface area contributed by atoms with Crippen molar-refractivity contribution in [2.24, 2.45) is 5.10 Å². The van der Waals surface area contributed by atoms with Gasteiger partial charge in [-0.15, -0.1) is 0 Å². The summed E-state index contributed by atoms with van der Waals surface area (Å²) in [5.74, 6) is 0.653. The second-order valence-corrected chi connectivity index (χ2v) is 9.25. The maximum absolute atomic E-state index is 12.0. The lowest BCUT2D eigenvalue weighted by Crippen LogP contribution is -2.19. The predicted octanol–water partition coefficient (Wildman–Crippen LogP) is 5.44. The summed E-state index contributed by atoms with van der Waals surface area (Å²) in [4.78, 5) is 20.7. The van der Waals surface area contributed by atoms with Crippen molar-refractivity contribution >= 4 is 55.7 Å². The Morgan fingerprint density at radius 3 is 2.39 bits per heavy atom. The van der Waals surface area contributed by atoms with E-state index in [4.69, 9.17) is 4.74 Å². The van der Waals surface area contributed by atoms with Crippen molar-refractivity contribution in [1.82, 2.24) is 15.4 Å². The first-order valence-corrected chi connectivity index (χ1v) is 11.9. The molecule has 0 saturated carbocycles. The number of ether oxygens (including phenoxy) is 1. The van der Waals surface area contributed by atoms with Gasteiger partial charge in [-0.2, -0.15) is 5.10 Å². The highest BCUT2D eigenvalue weighted by Gasteiger charge is 2.09. The highest BCUT2D eigenvalue weighted by molar-refractivity contribution is 9.11. The van der Waals surface area contributed by atoms with Crippen molar-refractivity contribution in [1.29, 1.82) is 0 Å². The molecule has 2 aromatic carbocycles. The number of hydrogen-bond donors (Lipinski definition) is 1. The van der Waals surface area contributed by atoms with Gasteiger partial charge < -0.3 is 4.74 Å². The molecular formula is C22H20Br2N4O2S. The van der Waals surface area contributed by atoms with Gasteiger partial charge in [-0.1, -0.05) is 42.1 Å². The number of carbonyl (C=O) groups excluding carboxylic acids is 1. The lowest BCUT2D eigenvalue weighted by atomic mass is 10.2. The number of nitrogens with zero attached hydrogens (tertiary/aromatic N) is 3. The average Bonchev–Trinajstić information content (AvgIpc) is 2.72. The van der Waals surface area contributed by atoms with Crippen LogP contribution < -0.4 is 10.2 Å². The van der Waals surface area contributed by atoms with Gasteiger partial charge in [-0.25, -0.2) is 15.4 Å². The molecule has 3 aromatic rings. The zero-order chi connectivity index (χ0) is 22.2. The molecule has 0 aliphatic heterocycles. The van der Waals surface area contributed by atoms with Crippen molar-refractivity contribution in [2.75, 3.05) is 5.75 Å². The summed E-state index contributed by atoms with van der Waals surface area (Å²) >= 11 is 8.34. The van der Waals surface area contributed by atoms with E-state index in [0.29, 0.717) is 17.5 Å². The summed E-state index contributed by atoms with van der Waals surface area (Å²) in [7, 11) is 0. The monoisotopic (exact) mass is 562 g/mol. The van der Waals surface area contributed by atoms with Crippen LogP contribution in [0.15, 0.2) is 67.7 Å². The lowest BCUT2D eigenvalue weighted by molar-refractivity contribution is -0.118. The molecule has 1 N–H and O–H groups in total. The molecule has 0 unspecified atom stereocenters. The largest absolute Gasteiger partial charge is 0.487 e. The van der Waals surface area contributed by atoms with Crippen LogP contribution in [-0.2, 0) is 11.4 Å². The van der Waals surface area contributed by atoms with Crippen LogP contribution in [-0.4, -0.2) is 27.8 Å². The molecule has 6 nitrogen and oxygen atoms in total. The molecular weight excluding hydrogens is 544 g/mol. The molecule has 0 bridgehead atoms. The fraction of sp³-hybridized carbons (Fsp3) is 0.182. The minimum absolute atomic E-state index is 0.180. The molecule has 31 heavy (non-hydrogen) atoms. The van der Waals surface area contributed by atoms with Crippen molar-refractivity contribution in [2.45, 2.75) is 25.6 Å². The number of benzene rings is 2. The van der Waals surface area contributed by atoms with Crippen LogP contribution in [0.25, 0.3) is 0 Å². The molecule has 3 rings (SSSR count). The van der Waals surface area contributed by atoms with Crippen molar-refractivity contribution in [3.8, 4) is 5.75 Å². The Balaban J connectivity index is 1.53. The fourth-order valence-corrected chi connectivity index (χ4v) is 4.81. The van der Waals surface area contributed by atoms with Crippen molar-refractivity contribution in [3.63, 3.8) is 0 Å². The van der Waals surface area contributed by atoms with Gasteiger partial charge in [0.15, 0.2) is 5.16 Å². The number of amides is 1. The van der Waals surface area contributed by atoms with Gasteiger partial charge in [-0.05, 0) is 75.0 Å². The van der Waals surface area contributed by atoms with Crippen LogP contribution in [0.1, 0.15) is 22.5 Å². The number of rotatable bonds is 8. The smallest absolute Gasteiger partial charge is 0.250 e. The summed E-state index contributed by atoms with van der Waals surface area (Å²) in [6, 6.07) is 15.6. The topological polar surface area (TPSA) is 76.5 Å².